The number of hydrogen-bond donors (Lipinski definition) is 4. The summed E-state index contributed by atoms with van der Waals surface area (Å²) < 4.78 is 35.6. The Labute approximate surface area is 232 Å². The summed E-state index contributed by atoms with van der Waals surface area (Å²) in [5.74, 6) is -0.326. The number of aromatic nitrogens is 3. The summed E-state index contributed by atoms with van der Waals surface area (Å²) in [6.07, 6.45) is -0.594. The first-order valence-corrected chi connectivity index (χ1v) is 14.7. The number of aliphatic hydroxyl groups is 1. The predicted octanol–water partition coefficient (Wildman–Crippen LogP) is 1.21. The van der Waals surface area contributed by atoms with Crippen LogP contribution in [0.25, 0.3) is 16.9 Å². The average molecular weight is 577 g/mol. The number of hydroxylamine groups is 1. The van der Waals surface area contributed by atoms with Gasteiger partial charge in [-0.2, -0.15) is 4.31 Å². The van der Waals surface area contributed by atoms with Crippen molar-refractivity contribution in [1.29, 1.82) is 0 Å². The van der Waals surface area contributed by atoms with Crippen LogP contribution in [0.5, 0.6) is 5.75 Å². The third kappa shape index (κ3) is 5.63. The highest BCUT2D eigenvalue weighted by Crippen LogP contribution is 2.33. The fourth-order valence-electron chi connectivity index (χ4n) is 5.10. The van der Waals surface area contributed by atoms with Crippen LogP contribution in [0.1, 0.15) is 49.6 Å². The van der Waals surface area contributed by atoms with E-state index in [1.165, 1.54) is 26.4 Å². The standard InChI is InChI=1S/C26H36N6O7S/c1-5-7-19-23(20(33)15-22(34)29-36)16(3)24-26(35)27-25(28-32(19)24)18-14-17(8-9-21(18)39-6-2)40(37,38)31-12-10-30(4)11-13-31/h8-9,14,20,33,36H,5-7,10-13,15H2,1-4H3,(H,29,34)(H,27,28,35). The van der Waals surface area contributed by atoms with Gasteiger partial charge in [0.05, 0.1) is 29.6 Å². The highest BCUT2D eigenvalue weighted by Gasteiger charge is 2.30. The van der Waals surface area contributed by atoms with Crippen LogP contribution in [0.2, 0.25) is 0 Å². The number of aliphatic hydroxyl groups excluding tert-OH is 1. The summed E-state index contributed by atoms with van der Waals surface area (Å²) in [6.45, 7) is 7.66. The van der Waals surface area contributed by atoms with Gasteiger partial charge in [0.1, 0.15) is 11.3 Å². The van der Waals surface area contributed by atoms with Gasteiger partial charge in [-0.25, -0.2) is 18.4 Å². The van der Waals surface area contributed by atoms with E-state index in [2.05, 4.69) is 15.0 Å². The van der Waals surface area contributed by atoms with Gasteiger partial charge in [-0.15, -0.1) is 5.10 Å². The summed E-state index contributed by atoms with van der Waals surface area (Å²) in [4.78, 5) is 30.0. The van der Waals surface area contributed by atoms with Crippen molar-refractivity contribution in [3.63, 3.8) is 0 Å². The largest absolute Gasteiger partial charge is 0.493 e. The van der Waals surface area contributed by atoms with Crippen LogP contribution >= 0.6 is 0 Å². The Morgan fingerprint density at radius 2 is 1.93 bits per heavy atom. The molecule has 1 aliphatic rings. The molecule has 1 atom stereocenters. The van der Waals surface area contributed by atoms with E-state index in [1.54, 1.807) is 19.9 Å². The summed E-state index contributed by atoms with van der Waals surface area (Å²) in [5.41, 5.74) is 2.90. The Morgan fingerprint density at radius 1 is 1.23 bits per heavy atom. The Bertz CT molecular complexity index is 1560. The van der Waals surface area contributed by atoms with Gasteiger partial charge >= 0.3 is 0 Å². The molecule has 4 rings (SSSR count). The molecule has 0 radical (unpaired) electrons. The molecule has 4 N–H and O–H groups in total. The number of aryl methyl sites for hydroxylation is 2. The lowest BCUT2D eigenvalue weighted by Gasteiger charge is -2.31. The molecule has 1 unspecified atom stereocenters. The molecular formula is C26H36N6O7S. The van der Waals surface area contributed by atoms with Crippen LogP contribution < -0.4 is 15.8 Å². The van der Waals surface area contributed by atoms with E-state index in [0.29, 0.717) is 73.8 Å². The van der Waals surface area contributed by atoms with Crippen molar-refractivity contribution in [1.82, 2.24) is 29.3 Å². The van der Waals surface area contributed by atoms with Crippen molar-refractivity contribution in [3.8, 4) is 17.1 Å². The molecule has 1 amide bonds. The number of aromatic amines is 1. The first-order valence-electron chi connectivity index (χ1n) is 13.2. The number of likely N-dealkylation sites (N-methyl/N-ethyl adjacent to an activating group) is 1. The maximum atomic E-state index is 13.5. The average Bonchev–Trinajstić information content (AvgIpc) is 3.20. The van der Waals surface area contributed by atoms with Gasteiger partial charge in [0, 0.05) is 37.4 Å². The van der Waals surface area contributed by atoms with Crippen molar-refractivity contribution in [3.05, 3.63) is 45.4 Å². The zero-order valence-corrected chi connectivity index (χ0v) is 23.9. The van der Waals surface area contributed by atoms with Crippen molar-refractivity contribution in [2.24, 2.45) is 0 Å². The molecule has 1 aliphatic heterocycles. The van der Waals surface area contributed by atoms with Crippen LogP contribution in [0.15, 0.2) is 27.9 Å². The molecule has 1 saturated heterocycles. The molecule has 0 saturated carbocycles. The number of nitrogens with zero attached hydrogens (tertiary/aromatic N) is 4. The summed E-state index contributed by atoms with van der Waals surface area (Å²) in [5, 5.41) is 24.5. The predicted molar refractivity (Wildman–Crippen MR) is 147 cm³/mol. The number of carbonyl (C=O) groups excluding carboxylic acids is 1. The second kappa shape index (κ2) is 12.1. The molecule has 0 aliphatic carbocycles. The minimum Gasteiger partial charge on any atom is -0.493 e. The highest BCUT2D eigenvalue weighted by molar-refractivity contribution is 7.89. The second-order valence-corrected chi connectivity index (χ2v) is 11.8. The molecular weight excluding hydrogens is 540 g/mol. The van der Waals surface area contributed by atoms with Gasteiger partial charge in [0.25, 0.3) is 5.56 Å². The van der Waals surface area contributed by atoms with Crippen molar-refractivity contribution in [2.45, 2.75) is 51.0 Å². The first kappa shape index (κ1) is 29.7. The summed E-state index contributed by atoms with van der Waals surface area (Å²) in [6, 6.07) is 4.50. The molecule has 14 heteroatoms. The molecule has 0 spiro atoms. The Morgan fingerprint density at radius 3 is 2.55 bits per heavy atom. The van der Waals surface area contributed by atoms with Crippen molar-refractivity contribution < 1.29 is 28.3 Å². The number of rotatable bonds is 10. The van der Waals surface area contributed by atoms with E-state index < -0.39 is 34.0 Å². The zero-order valence-electron chi connectivity index (χ0n) is 23.1. The normalized spacial score (nSPS) is 15.8. The number of hydrogen-bond acceptors (Lipinski definition) is 9. The molecule has 3 aromatic rings. The molecule has 40 heavy (non-hydrogen) atoms. The maximum Gasteiger partial charge on any atom is 0.275 e. The summed E-state index contributed by atoms with van der Waals surface area (Å²) >= 11 is 0. The van der Waals surface area contributed by atoms with Gasteiger partial charge in [-0.3, -0.25) is 14.8 Å². The number of piperazine rings is 1. The molecule has 1 fully saturated rings. The minimum absolute atomic E-state index is 0.0573. The monoisotopic (exact) mass is 576 g/mol. The zero-order chi connectivity index (χ0) is 29.2. The number of fused-ring (bicyclic) bond motifs is 1. The lowest BCUT2D eigenvalue weighted by Crippen LogP contribution is -2.47. The number of amides is 1. The third-order valence-electron chi connectivity index (χ3n) is 7.11. The fourth-order valence-corrected chi connectivity index (χ4v) is 6.55. The molecule has 1 aromatic carbocycles. The van der Waals surface area contributed by atoms with E-state index in [-0.39, 0.29) is 16.2 Å². The molecule has 218 valence electrons. The van der Waals surface area contributed by atoms with Crippen LogP contribution in [-0.4, -0.2) is 88.3 Å². The fraction of sp³-hybridized carbons (Fsp3) is 0.500. The molecule has 13 nitrogen and oxygen atoms in total. The number of carbonyl (C=O) groups is 1. The lowest BCUT2D eigenvalue weighted by molar-refractivity contribution is -0.131. The molecule has 0 bridgehead atoms. The van der Waals surface area contributed by atoms with E-state index in [9.17, 15) is 23.1 Å². The lowest BCUT2D eigenvalue weighted by atomic mass is 10.00. The summed E-state index contributed by atoms with van der Waals surface area (Å²) in [7, 11) is -1.87. The SMILES string of the molecule is CCCc1c(C(O)CC(=O)NO)c(C)c2c(=O)[nH]c(-c3cc(S(=O)(=O)N4CCN(C)CC4)ccc3OCC)nn12. The Balaban J connectivity index is 1.89. The number of benzene rings is 1. The number of H-pyrrole nitrogens is 1. The first-order chi connectivity index (χ1) is 19.0. The molecule has 2 aromatic heterocycles. The van der Waals surface area contributed by atoms with Crippen molar-refractivity contribution in [2.75, 3.05) is 39.8 Å². The smallest absolute Gasteiger partial charge is 0.275 e. The van der Waals surface area contributed by atoms with Gasteiger partial charge < -0.3 is 19.7 Å². The van der Waals surface area contributed by atoms with Gasteiger partial charge in [-0.1, -0.05) is 13.3 Å². The Hall–Kier alpha value is -3.30. The quantitative estimate of drug-likeness (QED) is 0.205. The maximum absolute atomic E-state index is 13.5. The van der Waals surface area contributed by atoms with Crippen LogP contribution in [0, 0.1) is 6.92 Å². The Kier molecular flexibility index (Phi) is 8.95. The van der Waals surface area contributed by atoms with Gasteiger partial charge in [0.15, 0.2) is 5.82 Å². The van der Waals surface area contributed by atoms with E-state index in [4.69, 9.17) is 9.94 Å². The van der Waals surface area contributed by atoms with E-state index in [1.807, 2.05) is 14.0 Å². The second-order valence-electron chi connectivity index (χ2n) is 9.85. The highest BCUT2D eigenvalue weighted by atomic mass is 32.2. The number of ether oxygens (including phenoxy) is 1. The third-order valence-corrected chi connectivity index (χ3v) is 9.01. The van der Waals surface area contributed by atoms with Gasteiger partial charge in [-0.05, 0) is 51.1 Å². The van der Waals surface area contributed by atoms with Crippen LogP contribution in [0.4, 0.5) is 0 Å². The van der Waals surface area contributed by atoms with E-state index >= 15 is 0 Å². The van der Waals surface area contributed by atoms with Gasteiger partial charge in [0.2, 0.25) is 15.9 Å². The number of sulfonamides is 1. The topological polar surface area (TPSA) is 170 Å². The van der Waals surface area contributed by atoms with Crippen LogP contribution in [-0.2, 0) is 21.2 Å². The van der Waals surface area contributed by atoms with E-state index in [0.717, 1.165) is 0 Å². The van der Waals surface area contributed by atoms with Crippen molar-refractivity contribution >= 4 is 21.4 Å². The minimum atomic E-state index is -3.81. The number of nitrogens with one attached hydrogen (secondary N) is 2. The van der Waals surface area contributed by atoms with Crippen LogP contribution in [0.3, 0.4) is 0 Å². The molecule has 3 heterocycles.